The number of benzene rings is 2. The maximum Gasteiger partial charge on any atom is 0.0892 e. The van der Waals surface area contributed by atoms with E-state index in [0.29, 0.717) is 0 Å². The van der Waals surface area contributed by atoms with E-state index in [-0.39, 0.29) is 0 Å². The van der Waals surface area contributed by atoms with E-state index in [2.05, 4.69) is 23.4 Å². The zero-order valence-corrected chi connectivity index (χ0v) is 11.5. The van der Waals surface area contributed by atoms with Gasteiger partial charge in [0.15, 0.2) is 0 Å². The Morgan fingerprint density at radius 1 is 0.700 bits per heavy atom. The highest BCUT2D eigenvalue weighted by atomic mass is 15.1. The van der Waals surface area contributed by atoms with Crippen molar-refractivity contribution in [3.05, 3.63) is 85.0 Å². The predicted octanol–water partition coefficient (Wildman–Crippen LogP) is 5.56. The van der Waals surface area contributed by atoms with Crippen LogP contribution in [0.25, 0.3) is 0 Å². The molecular weight excluding hydrogens is 244 g/mol. The highest BCUT2D eigenvalue weighted by Crippen LogP contribution is 2.25. The highest BCUT2D eigenvalue weighted by molar-refractivity contribution is 5.49. The first-order chi connectivity index (χ1) is 9.85. The summed E-state index contributed by atoms with van der Waals surface area (Å²) in [5.74, 6) is 0. The van der Waals surface area contributed by atoms with Crippen molar-refractivity contribution >= 4 is 11.4 Å². The van der Waals surface area contributed by atoms with Gasteiger partial charge < -0.3 is 0 Å². The van der Waals surface area contributed by atoms with Gasteiger partial charge in [-0.15, -0.1) is 13.2 Å². The quantitative estimate of drug-likeness (QED) is 0.481. The van der Waals surface area contributed by atoms with Gasteiger partial charge in [0.1, 0.15) is 0 Å². The molecule has 0 aliphatic heterocycles. The summed E-state index contributed by atoms with van der Waals surface area (Å²) in [4.78, 5) is 0. The van der Waals surface area contributed by atoms with Crippen molar-refractivity contribution in [2.75, 3.05) is 0 Å². The van der Waals surface area contributed by atoms with E-state index >= 15 is 0 Å². The SMILES string of the molecule is C=CCc1ccccc1/N=N/c1ccccc1CC=C. The van der Waals surface area contributed by atoms with Gasteiger partial charge in [-0.1, -0.05) is 48.6 Å². The van der Waals surface area contributed by atoms with Gasteiger partial charge in [0.05, 0.1) is 11.4 Å². The second-order valence-electron chi connectivity index (χ2n) is 4.44. The Balaban J connectivity index is 2.29. The molecule has 0 aliphatic carbocycles. The molecule has 0 fully saturated rings. The summed E-state index contributed by atoms with van der Waals surface area (Å²) in [6.07, 6.45) is 5.34. The molecule has 2 heteroatoms. The molecule has 0 aliphatic rings. The lowest BCUT2D eigenvalue weighted by molar-refractivity contribution is 1.15. The van der Waals surface area contributed by atoms with E-state index in [1.54, 1.807) is 0 Å². The van der Waals surface area contributed by atoms with E-state index in [1.165, 1.54) is 0 Å². The maximum absolute atomic E-state index is 4.38. The van der Waals surface area contributed by atoms with Gasteiger partial charge in [-0.25, -0.2) is 0 Å². The van der Waals surface area contributed by atoms with E-state index in [4.69, 9.17) is 0 Å². The summed E-state index contributed by atoms with van der Waals surface area (Å²) in [5, 5.41) is 8.76. The molecule has 0 saturated carbocycles. The third-order valence-electron chi connectivity index (χ3n) is 2.98. The number of allylic oxidation sites excluding steroid dienone is 2. The van der Waals surface area contributed by atoms with Crippen molar-refractivity contribution in [1.82, 2.24) is 0 Å². The van der Waals surface area contributed by atoms with Crippen molar-refractivity contribution in [3.8, 4) is 0 Å². The Bertz CT molecular complexity index is 571. The van der Waals surface area contributed by atoms with E-state index < -0.39 is 0 Å². The fourth-order valence-corrected chi connectivity index (χ4v) is 1.98. The summed E-state index contributed by atoms with van der Waals surface area (Å²) < 4.78 is 0. The van der Waals surface area contributed by atoms with Gasteiger partial charge >= 0.3 is 0 Å². The minimum Gasteiger partial charge on any atom is -0.150 e. The monoisotopic (exact) mass is 262 g/mol. The van der Waals surface area contributed by atoms with Crippen molar-refractivity contribution in [1.29, 1.82) is 0 Å². The van der Waals surface area contributed by atoms with E-state index in [9.17, 15) is 0 Å². The van der Waals surface area contributed by atoms with Crippen molar-refractivity contribution in [3.63, 3.8) is 0 Å². The van der Waals surface area contributed by atoms with Crippen molar-refractivity contribution < 1.29 is 0 Å². The lowest BCUT2D eigenvalue weighted by atomic mass is 10.1. The maximum atomic E-state index is 4.38. The van der Waals surface area contributed by atoms with Crippen LogP contribution in [0.3, 0.4) is 0 Å². The van der Waals surface area contributed by atoms with Gasteiger partial charge in [0, 0.05) is 0 Å². The fourth-order valence-electron chi connectivity index (χ4n) is 1.98. The second-order valence-corrected chi connectivity index (χ2v) is 4.44. The molecule has 0 saturated heterocycles. The summed E-state index contributed by atoms with van der Waals surface area (Å²) in [6, 6.07) is 16.0. The zero-order chi connectivity index (χ0) is 14.2. The van der Waals surface area contributed by atoms with Crippen molar-refractivity contribution in [2.45, 2.75) is 12.8 Å². The molecule has 0 amide bonds. The van der Waals surface area contributed by atoms with Crippen molar-refractivity contribution in [2.24, 2.45) is 10.2 Å². The smallest absolute Gasteiger partial charge is 0.0892 e. The Kier molecular flexibility index (Phi) is 5.01. The number of azo groups is 1. The molecule has 0 aromatic heterocycles. The molecule has 2 aromatic carbocycles. The molecule has 20 heavy (non-hydrogen) atoms. The summed E-state index contributed by atoms with van der Waals surface area (Å²) in [5.41, 5.74) is 4.04. The third-order valence-corrected chi connectivity index (χ3v) is 2.98. The molecule has 2 rings (SSSR count). The number of nitrogens with zero attached hydrogens (tertiary/aromatic N) is 2. The average Bonchev–Trinajstić information content (AvgIpc) is 2.48. The van der Waals surface area contributed by atoms with Crippen LogP contribution in [0.5, 0.6) is 0 Å². The van der Waals surface area contributed by atoms with Crippen LogP contribution in [0.2, 0.25) is 0 Å². The minimum absolute atomic E-state index is 0.795. The van der Waals surface area contributed by atoms with Gasteiger partial charge in [0.25, 0.3) is 0 Å². The highest BCUT2D eigenvalue weighted by Gasteiger charge is 2.00. The third kappa shape index (κ3) is 3.51. The molecule has 0 radical (unpaired) electrons. The molecule has 100 valence electrons. The molecule has 0 heterocycles. The lowest BCUT2D eigenvalue weighted by Crippen LogP contribution is -1.82. The van der Waals surface area contributed by atoms with Gasteiger partial charge in [0.2, 0.25) is 0 Å². The molecule has 0 spiro atoms. The van der Waals surface area contributed by atoms with Crippen LogP contribution < -0.4 is 0 Å². The Labute approximate surface area is 120 Å². The van der Waals surface area contributed by atoms with Gasteiger partial charge in [-0.2, -0.15) is 10.2 Å². The molecule has 0 bridgehead atoms. The topological polar surface area (TPSA) is 24.7 Å². The predicted molar refractivity (Wildman–Crippen MR) is 84.9 cm³/mol. The normalized spacial score (nSPS) is 10.6. The summed E-state index contributed by atoms with van der Waals surface area (Å²) in [6.45, 7) is 7.54. The molecule has 0 unspecified atom stereocenters. The lowest BCUT2D eigenvalue weighted by Gasteiger charge is -2.03. The van der Waals surface area contributed by atoms with Gasteiger partial charge in [-0.3, -0.25) is 0 Å². The van der Waals surface area contributed by atoms with Crippen LogP contribution in [0, 0.1) is 0 Å². The number of hydrogen-bond acceptors (Lipinski definition) is 2. The second kappa shape index (κ2) is 7.19. The van der Waals surface area contributed by atoms with E-state index in [0.717, 1.165) is 35.3 Å². The van der Waals surface area contributed by atoms with Crippen LogP contribution in [0.4, 0.5) is 11.4 Å². The zero-order valence-electron chi connectivity index (χ0n) is 11.5. The Morgan fingerprint density at radius 3 is 1.50 bits per heavy atom. The molecule has 2 nitrogen and oxygen atoms in total. The molecule has 2 aromatic rings. The molecule has 0 atom stereocenters. The van der Waals surface area contributed by atoms with Crippen LogP contribution in [-0.2, 0) is 12.8 Å². The largest absolute Gasteiger partial charge is 0.150 e. The fraction of sp³-hybridized carbons (Fsp3) is 0.111. The van der Waals surface area contributed by atoms with Crippen LogP contribution in [-0.4, -0.2) is 0 Å². The summed E-state index contributed by atoms with van der Waals surface area (Å²) in [7, 11) is 0. The number of rotatable bonds is 6. The average molecular weight is 262 g/mol. The van der Waals surface area contributed by atoms with E-state index in [1.807, 2.05) is 60.7 Å². The van der Waals surface area contributed by atoms with Crippen LogP contribution in [0.15, 0.2) is 84.1 Å². The first-order valence-electron chi connectivity index (χ1n) is 6.64. The first-order valence-corrected chi connectivity index (χ1v) is 6.64. The summed E-state index contributed by atoms with van der Waals surface area (Å²) >= 11 is 0. The van der Waals surface area contributed by atoms with Crippen LogP contribution >= 0.6 is 0 Å². The van der Waals surface area contributed by atoms with Gasteiger partial charge in [-0.05, 0) is 36.1 Å². The standard InChI is InChI=1S/C18H18N2/c1-3-9-15-11-5-7-13-17(15)19-20-18-14-8-6-12-16(18)10-4-2/h3-8,11-14H,1-2,9-10H2/b20-19+. The number of hydrogen-bond donors (Lipinski definition) is 0. The minimum atomic E-state index is 0.795. The Hall–Kier alpha value is -2.48. The molecular formula is C18H18N2. The molecule has 0 N–H and O–H groups in total. The van der Waals surface area contributed by atoms with Crippen LogP contribution in [0.1, 0.15) is 11.1 Å². The first kappa shape index (κ1) is 13.9. The Morgan fingerprint density at radius 2 is 1.10 bits per heavy atom.